The molecule has 1 unspecified atom stereocenters. The minimum Gasteiger partial charge on any atom is -0.486 e. The minimum atomic E-state index is 0.0435. The Morgan fingerprint density at radius 2 is 1.86 bits per heavy atom. The third-order valence-electron chi connectivity index (χ3n) is 3.68. The monoisotopic (exact) mass is 284 g/mol. The second kappa shape index (κ2) is 6.06. The largest absolute Gasteiger partial charge is 0.486 e. The first-order valence-corrected chi connectivity index (χ1v) is 7.19. The number of nitrogens with one attached hydrogen (secondary N) is 1. The zero-order valence-corrected chi connectivity index (χ0v) is 12.1. The highest BCUT2D eigenvalue weighted by atomic mass is 16.6. The van der Waals surface area contributed by atoms with E-state index in [1.165, 1.54) is 5.56 Å². The van der Waals surface area contributed by atoms with Crippen LogP contribution in [0.3, 0.4) is 0 Å². The first kappa shape index (κ1) is 13.8. The lowest BCUT2D eigenvalue weighted by Crippen LogP contribution is -2.22. The SMILES string of the molecule is Cc1ccccc1NC(CN)c1ccc2c(c1)OCCO2. The lowest BCUT2D eigenvalue weighted by molar-refractivity contribution is 0.171. The summed E-state index contributed by atoms with van der Waals surface area (Å²) in [5.74, 6) is 1.60. The van der Waals surface area contributed by atoms with E-state index in [4.69, 9.17) is 15.2 Å². The molecule has 4 heteroatoms. The van der Waals surface area contributed by atoms with Crippen LogP contribution in [0, 0.1) is 6.92 Å². The summed E-state index contributed by atoms with van der Waals surface area (Å²) in [6, 6.07) is 14.2. The lowest BCUT2D eigenvalue weighted by atomic mass is 10.0. The maximum atomic E-state index is 5.94. The summed E-state index contributed by atoms with van der Waals surface area (Å²) in [5, 5.41) is 3.50. The fourth-order valence-electron chi connectivity index (χ4n) is 2.48. The van der Waals surface area contributed by atoms with Crippen molar-refractivity contribution < 1.29 is 9.47 Å². The van der Waals surface area contributed by atoms with Gasteiger partial charge in [0.05, 0.1) is 6.04 Å². The number of hydrogen-bond acceptors (Lipinski definition) is 4. The molecule has 0 radical (unpaired) electrons. The molecule has 1 aliphatic rings. The average molecular weight is 284 g/mol. The molecular weight excluding hydrogens is 264 g/mol. The van der Waals surface area contributed by atoms with Gasteiger partial charge in [0.1, 0.15) is 13.2 Å². The van der Waals surface area contributed by atoms with Gasteiger partial charge in [-0.15, -0.1) is 0 Å². The second-order valence-electron chi connectivity index (χ2n) is 5.15. The quantitative estimate of drug-likeness (QED) is 0.906. The molecule has 1 heterocycles. The number of ether oxygens (including phenoxy) is 2. The zero-order valence-electron chi connectivity index (χ0n) is 12.1. The molecule has 3 N–H and O–H groups in total. The number of anilines is 1. The molecule has 0 aliphatic carbocycles. The molecule has 0 fully saturated rings. The molecule has 0 bridgehead atoms. The average Bonchev–Trinajstić information content (AvgIpc) is 2.54. The normalized spacial score (nSPS) is 14.6. The van der Waals surface area contributed by atoms with Gasteiger partial charge >= 0.3 is 0 Å². The van der Waals surface area contributed by atoms with E-state index in [-0.39, 0.29) is 6.04 Å². The Hall–Kier alpha value is -2.20. The van der Waals surface area contributed by atoms with Crippen molar-refractivity contribution in [1.29, 1.82) is 0 Å². The van der Waals surface area contributed by atoms with Gasteiger partial charge in [0.2, 0.25) is 0 Å². The number of nitrogens with two attached hydrogens (primary N) is 1. The Kier molecular flexibility index (Phi) is 3.97. The standard InChI is InChI=1S/C17H20N2O2/c1-12-4-2-3-5-14(12)19-15(11-18)13-6-7-16-17(10-13)21-9-8-20-16/h2-7,10,15,19H,8-9,11,18H2,1H3. The topological polar surface area (TPSA) is 56.5 Å². The van der Waals surface area contributed by atoms with Gasteiger partial charge in [-0.25, -0.2) is 0 Å². The Balaban J connectivity index is 1.85. The van der Waals surface area contributed by atoms with Crippen molar-refractivity contribution >= 4 is 5.69 Å². The Morgan fingerprint density at radius 3 is 2.62 bits per heavy atom. The molecule has 4 nitrogen and oxygen atoms in total. The molecule has 1 aliphatic heterocycles. The third kappa shape index (κ3) is 2.95. The molecular formula is C17H20N2O2. The Labute approximate surface area is 124 Å². The van der Waals surface area contributed by atoms with E-state index in [1.807, 2.05) is 30.3 Å². The maximum absolute atomic E-state index is 5.94. The molecule has 2 aromatic rings. The molecule has 0 saturated heterocycles. The van der Waals surface area contributed by atoms with E-state index >= 15 is 0 Å². The molecule has 2 aromatic carbocycles. The van der Waals surface area contributed by atoms with E-state index in [0.29, 0.717) is 19.8 Å². The van der Waals surface area contributed by atoms with Crippen LogP contribution >= 0.6 is 0 Å². The summed E-state index contributed by atoms with van der Waals surface area (Å²) in [5.41, 5.74) is 9.35. The Bertz CT molecular complexity index is 628. The van der Waals surface area contributed by atoms with Gasteiger partial charge in [0.15, 0.2) is 11.5 Å². The van der Waals surface area contributed by atoms with Crippen LogP contribution in [0.1, 0.15) is 17.2 Å². The van der Waals surface area contributed by atoms with Crippen LogP contribution < -0.4 is 20.5 Å². The number of rotatable bonds is 4. The van der Waals surface area contributed by atoms with E-state index in [2.05, 4.69) is 24.4 Å². The highest BCUT2D eigenvalue weighted by molar-refractivity contribution is 5.53. The predicted octanol–water partition coefficient (Wildman–Crippen LogP) is 2.88. The molecule has 0 aromatic heterocycles. The van der Waals surface area contributed by atoms with E-state index in [0.717, 1.165) is 22.7 Å². The molecule has 0 amide bonds. The summed E-state index contributed by atoms with van der Waals surface area (Å²) in [6.45, 7) is 3.79. The van der Waals surface area contributed by atoms with Crippen molar-refractivity contribution in [3.05, 3.63) is 53.6 Å². The van der Waals surface area contributed by atoms with Gasteiger partial charge in [0.25, 0.3) is 0 Å². The number of aryl methyl sites for hydroxylation is 1. The Morgan fingerprint density at radius 1 is 1.10 bits per heavy atom. The third-order valence-corrected chi connectivity index (χ3v) is 3.68. The number of para-hydroxylation sites is 1. The summed E-state index contributed by atoms with van der Waals surface area (Å²) in [4.78, 5) is 0. The second-order valence-corrected chi connectivity index (χ2v) is 5.15. The van der Waals surface area contributed by atoms with Crippen LogP contribution in [0.25, 0.3) is 0 Å². The van der Waals surface area contributed by atoms with Crippen LogP contribution in [0.4, 0.5) is 5.69 Å². The highest BCUT2D eigenvalue weighted by Crippen LogP contribution is 2.33. The van der Waals surface area contributed by atoms with Gasteiger partial charge in [0, 0.05) is 12.2 Å². The fraction of sp³-hybridized carbons (Fsp3) is 0.294. The van der Waals surface area contributed by atoms with E-state index in [1.54, 1.807) is 0 Å². The smallest absolute Gasteiger partial charge is 0.161 e. The fourth-order valence-corrected chi connectivity index (χ4v) is 2.48. The van der Waals surface area contributed by atoms with Gasteiger partial charge in [-0.05, 0) is 36.2 Å². The van der Waals surface area contributed by atoms with Crippen molar-refractivity contribution in [2.24, 2.45) is 5.73 Å². The minimum absolute atomic E-state index is 0.0435. The summed E-state index contributed by atoms with van der Waals surface area (Å²) in [6.07, 6.45) is 0. The molecule has 0 spiro atoms. The molecule has 21 heavy (non-hydrogen) atoms. The van der Waals surface area contributed by atoms with Crippen molar-refractivity contribution in [3.8, 4) is 11.5 Å². The van der Waals surface area contributed by atoms with Gasteiger partial charge in [-0.3, -0.25) is 0 Å². The van der Waals surface area contributed by atoms with Crippen molar-refractivity contribution in [1.82, 2.24) is 0 Å². The number of benzene rings is 2. The summed E-state index contributed by atoms with van der Waals surface area (Å²) >= 11 is 0. The van der Waals surface area contributed by atoms with Crippen LogP contribution in [0.5, 0.6) is 11.5 Å². The molecule has 0 saturated carbocycles. The first-order valence-electron chi connectivity index (χ1n) is 7.19. The number of fused-ring (bicyclic) bond motifs is 1. The van der Waals surface area contributed by atoms with Gasteiger partial charge in [-0.2, -0.15) is 0 Å². The summed E-state index contributed by atoms with van der Waals surface area (Å²) < 4.78 is 11.2. The van der Waals surface area contributed by atoms with E-state index in [9.17, 15) is 0 Å². The van der Waals surface area contributed by atoms with Crippen molar-refractivity contribution in [2.75, 3.05) is 25.1 Å². The van der Waals surface area contributed by atoms with Crippen LogP contribution in [0.15, 0.2) is 42.5 Å². The van der Waals surface area contributed by atoms with Gasteiger partial charge in [-0.1, -0.05) is 24.3 Å². The van der Waals surface area contributed by atoms with Crippen LogP contribution in [-0.4, -0.2) is 19.8 Å². The molecule has 3 rings (SSSR count). The zero-order chi connectivity index (χ0) is 14.7. The molecule has 1 atom stereocenters. The lowest BCUT2D eigenvalue weighted by Gasteiger charge is -2.23. The van der Waals surface area contributed by atoms with Crippen LogP contribution in [-0.2, 0) is 0 Å². The van der Waals surface area contributed by atoms with E-state index < -0.39 is 0 Å². The van der Waals surface area contributed by atoms with Crippen LogP contribution in [0.2, 0.25) is 0 Å². The predicted molar refractivity (Wildman–Crippen MR) is 84.0 cm³/mol. The van der Waals surface area contributed by atoms with Crippen molar-refractivity contribution in [3.63, 3.8) is 0 Å². The van der Waals surface area contributed by atoms with Gasteiger partial charge < -0.3 is 20.5 Å². The number of hydrogen-bond donors (Lipinski definition) is 2. The molecule has 110 valence electrons. The maximum Gasteiger partial charge on any atom is 0.161 e. The summed E-state index contributed by atoms with van der Waals surface area (Å²) in [7, 11) is 0. The first-order chi connectivity index (χ1) is 10.3. The highest BCUT2D eigenvalue weighted by Gasteiger charge is 2.16. The van der Waals surface area contributed by atoms with Crippen molar-refractivity contribution in [2.45, 2.75) is 13.0 Å².